The van der Waals surface area contributed by atoms with Crippen LogP contribution < -0.4 is 20.7 Å². The lowest BCUT2D eigenvalue weighted by molar-refractivity contribution is -0.145. The number of amides is 5. The van der Waals surface area contributed by atoms with Gasteiger partial charge in [0.15, 0.2) is 0 Å². The van der Waals surface area contributed by atoms with Gasteiger partial charge in [-0.25, -0.2) is 9.71 Å². The predicted molar refractivity (Wildman–Crippen MR) is 216 cm³/mol. The summed E-state index contributed by atoms with van der Waals surface area (Å²) in [5.41, 5.74) is -2.16. The molecular weight excluding hydrogens is 761 g/mol. The average molecular weight is 823 g/mol. The van der Waals surface area contributed by atoms with Gasteiger partial charge in [-0.05, 0) is 80.5 Å². The Labute approximate surface area is 342 Å². The van der Waals surface area contributed by atoms with E-state index in [2.05, 4.69) is 51.1 Å². The van der Waals surface area contributed by atoms with Crippen molar-refractivity contribution in [2.24, 2.45) is 33.5 Å². The van der Waals surface area contributed by atoms with Gasteiger partial charge >= 0.3 is 10.2 Å². The summed E-state index contributed by atoms with van der Waals surface area (Å²) in [5.74, 6) is -3.44. The fourth-order valence-electron chi connectivity index (χ4n) is 11.2. The van der Waals surface area contributed by atoms with Gasteiger partial charge in [-0.3, -0.25) is 29.0 Å². The molecule has 4 N–H and O–H groups in total. The number of hydrogen-bond acceptors (Lipinski definition) is 9. The number of nitrogens with one attached hydrogen (secondary N) is 4. The van der Waals surface area contributed by atoms with Gasteiger partial charge in [0.05, 0.1) is 11.9 Å². The van der Waals surface area contributed by atoms with Crippen LogP contribution in [-0.2, 0) is 29.4 Å². The normalized spacial score (nSPS) is 29.9. The first-order valence-electron chi connectivity index (χ1n) is 21.2. The first-order chi connectivity index (χ1) is 27.2. The van der Waals surface area contributed by atoms with Crippen molar-refractivity contribution in [3.05, 3.63) is 36.4 Å². The predicted octanol–water partition coefficient (Wildman–Crippen LogP) is 3.31. The molecule has 15 nitrogen and oxygen atoms in total. The van der Waals surface area contributed by atoms with E-state index in [1.54, 1.807) is 17.9 Å². The van der Waals surface area contributed by atoms with Crippen molar-refractivity contribution in [1.82, 2.24) is 39.8 Å². The summed E-state index contributed by atoms with van der Waals surface area (Å²) in [6.07, 6.45) is 13.8. The molecule has 5 amide bonds. The van der Waals surface area contributed by atoms with Gasteiger partial charge < -0.3 is 20.9 Å². The number of aromatic nitrogens is 2. The van der Waals surface area contributed by atoms with Crippen molar-refractivity contribution in [2.45, 2.75) is 142 Å². The van der Waals surface area contributed by atoms with Crippen molar-refractivity contribution in [1.29, 1.82) is 0 Å². The number of hydrogen-bond donors (Lipinski definition) is 4. The molecule has 3 heterocycles. The van der Waals surface area contributed by atoms with Gasteiger partial charge in [-0.15, -0.1) is 6.58 Å². The van der Waals surface area contributed by atoms with Gasteiger partial charge in [-0.2, -0.15) is 12.7 Å². The molecule has 1 aromatic rings. The van der Waals surface area contributed by atoms with E-state index in [-0.39, 0.29) is 34.3 Å². The minimum atomic E-state index is -4.12. The highest BCUT2D eigenvalue weighted by molar-refractivity contribution is 7.87. The summed E-state index contributed by atoms with van der Waals surface area (Å²) in [5, 5.41) is 8.93. The van der Waals surface area contributed by atoms with Crippen LogP contribution in [0.15, 0.2) is 25.0 Å². The lowest BCUT2D eigenvalue weighted by Gasteiger charge is -2.38. The van der Waals surface area contributed by atoms with Gasteiger partial charge in [-0.1, -0.05) is 66.4 Å². The molecule has 2 aliphatic heterocycles. The topological polar surface area (TPSA) is 200 Å². The highest BCUT2D eigenvalue weighted by Crippen LogP contribution is 2.88. The molecule has 318 valence electrons. The maximum absolute atomic E-state index is 15.2. The first kappa shape index (κ1) is 42.2. The molecule has 4 saturated carbocycles. The van der Waals surface area contributed by atoms with Crippen molar-refractivity contribution < 1.29 is 32.4 Å². The number of nitrogens with zero attached hydrogens (tertiary/aromatic N) is 4. The quantitative estimate of drug-likeness (QED) is 0.229. The zero-order chi connectivity index (χ0) is 42.1. The van der Waals surface area contributed by atoms with Gasteiger partial charge in [0, 0.05) is 37.2 Å². The standard InChI is InChI=1S/C42H62N8O7S/c1-8-28-21-42(28,37(55)48-58(56,57)49-19-12-13-20-49)47-34(52)30-22-41(39(6,7)40(41)17-14-18-40)25-50(30)36(54)32(38(3,4)5)46-35(53)31(27-15-10-9-11-16-27)45-33(51)29-24-43-26(2)23-44-29/h8,23-24,27-28,30-32H,1,9-22,25H2,2-7H3,(H,45,51)(H,46,53)(H,47,52)(H,48,55)/t28-,30+,31?,32-,41-,42-/m1/s1. The third-order valence-corrected chi connectivity index (χ3v) is 16.7. The van der Waals surface area contributed by atoms with Gasteiger partial charge in [0.1, 0.15) is 29.4 Å². The smallest absolute Gasteiger partial charge is 0.303 e. The van der Waals surface area contributed by atoms with Crippen LogP contribution in [0.1, 0.15) is 128 Å². The summed E-state index contributed by atoms with van der Waals surface area (Å²) in [4.78, 5) is 81.7. The van der Waals surface area contributed by atoms with Crippen LogP contribution >= 0.6 is 0 Å². The van der Waals surface area contributed by atoms with E-state index >= 15 is 4.79 Å². The number of aryl methyl sites for hydroxylation is 1. The van der Waals surface area contributed by atoms with Gasteiger partial charge in [0.25, 0.3) is 11.8 Å². The fourth-order valence-corrected chi connectivity index (χ4v) is 12.5. The van der Waals surface area contributed by atoms with E-state index in [0.717, 1.165) is 51.4 Å². The largest absolute Gasteiger partial charge is 0.342 e. The minimum Gasteiger partial charge on any atom is -0.342 e. The summed E-state index contributed by atoms with van der Waals surface area (Å²) >= 11 is 0. The third-order valence-electron chi connectivity index (χ3n) is 15.2. The summed E-state index contributed by atoms with van der Waals surface area (Å²) < 4.78 is 29.8. The van der Waals surface area contributed by atoms with Crippen LogP contribution in [0, 0.1) is 40.4 Å². The number of carbonyl (C=O) groups is 5. The molecule has 1 aromatic heterocycles. The molecule has 0 bridgehead atoms. The number of likely N-dealkylation sites (tertiary alicyclic amines) is 1. The van der Waals surface area contributed by atoms with Crippen LogP contribution in [0.4, 0.5) is 0 Å². The fraction of sp³-hybridized carbons (Fsp3) is 0.738. The Kier molecular flexibility index (Phi) is 10.9. The van der Waals surface area contributed by atoms with E-state index in [0.29, 0.717) is 44.6 Å². The van der Waals surface area contributed by atoms with E-state index < -0.39 is 74.7 Å². The maximum Gasteiger partial charge on any atom is 0.303 e. The second kappa shape index (κ2) is 15.0. The van der Waals surface area contributed by atoms with Crippen LogP contribution in [0.3, 0.4) is 0 Å². The molecule has 2 spiro atoms. The first-order valence-corrected chi connectivity index (χ1v) is 22.6. The van der Waals surface area contributed by atoms with Crippen molar-refractivity contribution in [3.8, 4) is 0 Å². The molecular formula is C42H62N8O7S. The highest BCUT2D eigenvalue weighted by atomic mass is 32.2. The van der Waals surface area contributed by atoms with Crippen LogP contribution in [0.5, 0.6) is 0 Å². The second-order valence-electron chi connectivity index (χ2n) is 19.6. The Hall–Kier alpha value is -3.92. The molecule has 6 atom stereocenters. The lowest BCUT2D eigenvalue weighted by atomic mass is 9.73. The molecule has 0 aromatic carbocycles. The molecule has 58 heavy (non-hydrogen) atoms. The maximum atomic E-state index is 15.2. The molecule has 6 fully saturated rings. The second-order valence-corrected chi connectivity index (χ2v) is 21.2. The lowest BCUT2D eigenvalue weighted by Crippen LogP contribution is -2.62. The molecule has 1 unspecified atom stereocenters. The minimum absolute atomic E-state index is 0.0363. The van der Waals surface area contributed by atoms with E-state index in [9.17, 15) is 27.6 Å². The summed E-state index contributed by atoms with van der Waals surface area (Å²) in [6.45, 7) is 16.5. The highest BCUT2D eigenvalue weighted by Gasteiger charge is 2.85. The molecule has 7 rings (SSSR count). The Bertz CT molecular complexity index is 1950. The van der Waals surface area contributed by atoms with Crippen LogP contribution in [-0.4, -0.2) is 100 Å². The van der Waals surface area contributed by atoms with Crippen molar-refractivity contribution in [2.75, 3.05) is 19.6 Å². The number of rotatable bonds is 12. The zero-order valence-corrected chi connectivity index (χ0v) is 35.8. The molecule has 6 aliphatic rings. The number of carbonyl (C=O) groups excluding carboxylic acids is 5. The Morgan fingerprint density at radius 1 is 0.914 bits per heavy atom. The Balaban J connectivity index is 1.16. The monoisotopic (exact) mass is 822 g/mol. The third kappa shape index (κ3) is 7.02. The van der Waals surface area contributed by atoms with E-state index in [1.165, 1.54) is 16.7 Å². The van der Waals surface area contributed by atoms with Crippen LogP contribution in [0.25, 0.3) is 0 Å². The van der Waals surface area contributed by atoms with Crippen LogP contribution in [0.2, 0.25) is 0 Å². The summed E-state index contributed by atoms with van der Waals surface area (Å²) in [7, 11) is -4.12. The molecule has 2 saturated heterocycles. The summed E-state index contributed by atoms with van der Waals surface area (Å²) in [6, 6.07) is -2.98. The molecule has 4 aliphatic carbocycles. The SMILES string of the molecule is C=C[C@@H]1C[C@]1(NC(=O)[C@@H]1C[C@@]2(CN1C(=O)[C@@H](NC(=O)C(NC(=O)c1cnc(C)cn1)C1CCCCC1)C(C)(C)C)C(C)(C)C21CCC1)C(=O)NS(=O)(=O)N1CCCC1. The average Bonchev–Trinajstić information content (AvgIpc) is 3.61. The van der Waals surface area contributed by atoms with E-state index in [1.807, 2.05) is 20.8 Å². The van der Waals surface area contributed by atoms with Crippen molar-refractivity contribution in [3.63, 3.8) is 0 Å². The number of fused-ring (bicyclic) bond motifs is 1. The van der Waals surface area contributed by atoms with Gasteiger partial charge in [0.2, 0.25) is 17.7 Å². The molecule has 16 heteroatoms. The zero-order valence-electron chi connectivity index (χ0n) is 35.0. The van der Waals surface area contributed by atoms with Crippen molar-refractivity contribution >= 4 is 39.7 Å². The van der Waals surface area contributed by atoms with E-state index in [4.69, 9.17) is 0 Å². The molecule has 0 radical (unpaired) electrons. The Morgan fingerprint density at radius 2 is 1.59 bits per heavy atom. The Morgan fingerprint density at radius 3 is 2.12 bits per heavy atom.